The zero-order valence-electron chi connectivity index (χ0n) is 11.5. The summed E-state index contributed by atoms with van der Waals surface area (Å²) in [5.74, 6) is -0.405. The third-order valence-corrected chi connectivity index (χ3v) is 3.58. The van der Waals surface area contributed by atoms with Crippen molar-refractivity contribution in [2.45, 2.75) is 18.9 Å². The molecule has 0 aliphatic heterocycles. The van der Waals surface area contributed by atoms with Crippen LogP contribution in [0, 0.1) is 0 Å². The molecule has 1 atom stereocenters. The number of hydrogen-bond donors (Lipinski definition) is 2. The number of nitrogens with one attached hydrogen (secondary N) is 1. The Hall–Kier alpha value is -1.59. The van der Waals surface area contributed by atoms with Crippen LogP contribution in [-0.2, 0) is 16.0 Å². The van der Waals surface area contributed by atoms with Crippen molar-refractivity contribution in [1.82, 2.24) is 10.2 Å². The van der Waals surface area contributed by atoms with E-state index in [-0.39, 0.29) is 43.4 Å². The first-order valence-corrected chi connectivity index (χ1v) is 6.43. The highest BCUT2D eigenvalue weighted by molar-refractivity contribution is 5.86. The smallest absolute Gasteiger partial charge is 0.242 e. The number of amides is 2. The molecule has 1 aromatic carbocycles. The van der Waals surface area contributed by atoms with Gasteiger partial charge < -0.3 is 16.0 Å². The molecule has 0 aromatic heterocycles. The molecule has 110 valence electrons. The first kappa shape index (κ1) is 16.5. The second-order valence-electron chi connectivity index (χ2n) is 4.74. The number of benzene rings is 1. The molecule has 0 saturated heterocycles. The van der Waals surface area contributed by atoms with Gasteiger partial charge >= 0.3 is 0 Å². The summed E-state index contributed by atoms with van der Waals surface area (Å²) in [7, 11) is 1.78. The number of aryl methyl sites for hydroxylation is 1. The minimum atomic E-state index is -0.312. The molecule has 5 nitrogen and oxygen atoms in total. The Labute approximate surface area is 124 Å². The standard InChI is InChI=1S/C14H19N3O2.ClH/c1-17(14(19)9-16-13(18)8-15)12-7-6-10-4-2-3-5-11(10)12;/h2-5,12H,6-9,15H2,1H3,(H,16,18);1H. The van der Waals surface area contributed by atoms with Crippen molar-refractivity contribution in [3.05, 3.63) is 35.4 Å². The average molecular weight is 298 g/mol. The van der Waals surface area contributed by atoms with Gasteiger partial charge in [0.1, 0.15) is 0 Å². The molecule has 1 unspecified atom stereocenters. The molecule has 0 radical (unpaired) electrons. The number of carbonyl (C=O) groups excluding carboxylic acids is 2. The molecule has 2 amide bonds. The van der Waals surface area contributed by atoms with Crippen LogP contribution in [0.4, 0.5) is 0 Å². The minimum Gasteiger partial charge on any atom is -0.346 e. The van der Waals surface area contributed by atoms with Gasteiger partial charge in [-0.25, -0.2) is 0 Å². The van der Waals surface area contributed by atoms with Gasteiger partial charge in [0.25, 0.3) is 0 Å². The number of hydrogen-bond acceptors (Lipinski definition) is 3. The highest BCUT2D eigenvalue weighted by atomic mass is 35.5. The number of rotatable bonds is 4. The molecule has 0 spiro atoms. The number of fused-ring (bicyclic) bond motifs is 1. The van der Waals surface area contributed by atoms with Crippen molar-refractivity contribution in [3.63, 3.8) is 0 Å². The molecule has 1 aliphatic carbocycles. The molecule has 0 bridgehead atoms. The minimum absolute atomic E-state index is 0. The first-order chi connectivity index (χ1) is 9.13. The Morgan fingerprint density at radius 3 is 2.80 bits per heavy atom. The molecule has 3 N–H and O–H groups in total. The van der Waals surface area contributed by atoms with E-state index in [2.05, 4.69) is 17.4 Å². The highest BCUT2D eigenvalue weighted by Crippen LogP contribution is 2.34. The summed E-state index contributed by atoms with van der Waals surface area (Å²) in [4.78, 5) is 24.8. The van der Waals surface area contributed by atoms with E-state index in [0.29, 0.717) is 0 Å². The third-order valence-electron chi connectivity index (χ3n) is 3.58. The van der Waals surface area contributed by atoms with Crippen molar-refractivity contribution in [2.24, 2.45) is 5.73 Å². The fourth-order valence-electron chi connectivity index (χ4n) is 2.48. The molecule has 20 heavy (non-hydrogen) atoms. The fourth-order valence-corrected chi connectivity index (χ4v) is 2.48. The predicted octanol–water partition coefficient (Wildman–Crippen LogP) is 0.629. The van der Waals surface area contributed by atoms with Crippen molar-refractivity contribution in [2.75, 3.05) is 20.1 Å². The summed E-state index contributed by atoms with van der Waals surface area (Å²) in [6.07, 6.45) is 1.93. The van der Waals surface area contributed by atoms with Crippen molar-refractivity contribution in [3.8, 4) is 0 Å². The highest BCUT2D eigenvalue weighted by Gasteiger charge is 2.28. The number of halogens is 1. The normalized spacial score (nSPS) is 16.0. The van der Waals surface area contributed by atoms with Crippen LogP contribution < -0.4 is 11.1 Å². The number of carbonyl (C=O) groups is 2. The molecule has 6 heteroatoms. The van der Waals surface area contributed by atoms with Gasteiger partial charge in [0.2, 0.25) is 11.8 Å². The first-order valence-electron chi connectivity index (χ1n) is 6.43. The topological polar surface area (TPSA) is 75.4 Å². The quantitative estimate of drug-likeness (QED) is 0.856. The van der Waals surface area contributed by atoms with E-state index < -0.39 is 0 Å². The largest absolute Gasteiger partial charge is 0.346 e. The zero-order valence-corrected chi connectivity index (χ0v) is 12.3. The van der Waals surface area contributed by atoms with Gasteiger partial charge in [-0.05, 0) is 24.0 Å². The summed E-state index contributed by atoms with van der Waals surface area (Å²) >= 11 is 0. The fraction of sp³-hybridized carbons (Fsp3) is 0.429. The second-order valence-corrected chi connectivity index (χ2v) is 4.74. The van der Waals surface area contributed by atoms with Gasteiger partial charge in [0.05, 0.1) is 19.1 Å². The van der Waals surface area contributed by atoms with Gasteiger partial charge in [0.15, 0.2) is 0 Å². The molecule has 0 heterocycles. The summed E-state index contributed by atoms with van der Waals surface area (Å²) in [6, 6.07) is 8.29. The van der Waals surface area contributed by atoms with Gasteiger partial charge in [-0.3, -0.25) is 9.59 Å². The molecule has 2 rings (SSSR count). The van der Waals surface area contributed by atoms with Crippen molar-refractivity contribution in [1.29, 1.82) is 0 Å². The summed E-state index contributed by atoms with van der Waals surface area (Å²) in [5.41, 5.74) is 7.70. The van der Waals surface area contributed by atoms with Crippen molar-refractivity contribution >= 4 is 24.2 Å². The third kappa shape index (κ3) is 3.49. The molecule has 1 aliphatic rings. The maximum Gasteiger partial charge on any atom is 0.242 e. The Kier molecular flexibility index (Phi) is 5.98. The maximum absolute atomic E-state index is 12.0. The lowest BCUT2D eigenvalue weighted by molar-refractivity contribution is -0.133. The lowest BCUT2D eigenvalue weighted by atomic mass is 10.1. The average Bonchev–Trinajstić information content (AvgIpc) is 2.87. The Morgan fingerprint density at radius 2 is 2.10 bits per heavy atom. The zero-order chi connectivity index (χ0) is 13.8. The lowest BCUT2D eigenvalue weighted by Crippen LogP contribution is -2.41. The van der Waals surface area contributed by atoms with E-state index in [1.165, 1.54) is 11.1 Å². The van der Waals surface area contributed by atoms with Crippen LogP contribution in [0.25, 0.3) is 0 Å². The van der Waals surface area contributed by atoms with Gasteiger partial charge in [0, 0.05) is 7.05 Å². The van der Waals surface area contributed by atoms with Crippen LogP contribution in [0.3, 0.4) is 0 Å². The van der Waals surface area contributed by atoms with E-state index in [0.717, 1.165) is 12.8 Å². The Balaban J connectivity index is 0.00000200. The van der Waals surface area contributed by atoms with Crippen LogP contribution in [0.2, 0.25) is 0 Å². The van der Waals surface area contributed by atoms with Crippen LogP contribution in [0.5, 0.6) is 0 Å². The molecular formula is C14H20ClN3O2. The van der Waals surface area contributed by atoms with E-state index in [1.807, 2.05) is 12.1 Å². The molecule has 0 fully saturated rings. The Morgan fingerprint density at radius 1 is 1.40 bits per heavy atom. The predicted molar refractivity (Wildman–Crippen MR) is 79.6 cm³/mol. The lowest BCUT2D eigenvalue weighted by Gasteiger charge is -2.25. The summed E-state index contributed by atoms with van der Waals surface area (Å²) in [6.45, 7) is -0.0888. The number of nitrogens with zero attached hydrogens (tertiary/aromatic N) is 1. The molecular weight excluding hydrogens is 278 g/mol. The van der Waals surface area contributed by atoms with Crippen LogP contribution in [0.1, 0.15) is 23.6 Å². The van der Waals surface area contributed by atoms with Crippen LogP contribution in [0.15, 0.2) is 24.3 Å². The van der Waals surface area contributed by atoms with Crippen molar-refractivity contribution < 1.29 is 9.59 Å². The maximum atomic E-state index is 12.0. The van der Waals surface area contributed by atoms with E-state index in [1.54, 1.807) is 11.9 Å². The second kappa shape index (κ2) is 7.26. The number of likely N-dealkylation sites (N-methyl/N-ethyl adjacent to an activating group) is 1. The van der Waals surface area contributed by atoms with Gasteiger partial charge in [-0.1, -0.05) is 24.3 Å². The summed E-state index contributed by atoms with van der Waals surface area (Å²) < 4.78 is 0. The monoisotopic (exact) mass is 297 g/mol. The Bertz CT molecular complexity index is 493. The molecule has 1 aromatic rings. The van der Waals surface area contributed by atoms with Gasteiger partial charge in [-0.15, -0.1) is 12.4 Å². The number of nitrogens with two attached hydrogens (primary N) is 1. The summed E-state index contributed by atoms with van der Waals surface area (Å²) in [5, 5.41) is 2.51. The van der Waals surface area contributed by atoms with E-state index in [4.69, 9.17) is 5.73 Å². The van der Waals surface area contributed by atoms with Crippen LogP contribution in [-0.4, -0.2) is 36.9 Å². The van der Waals surface area contributed by atoms with E-state index >= 15 is 0 Å². The van der Waals surface area contributed by atoms with Crippen LogP contribution >= 0.6 is 12.4 Å². The molecule has 0 saturated carbocycles. The van der Waals surface area contributed by atoms with Gasteiger partial charge in [-0.2, -0.15) is 0 Å². The van der Waals surface area contributed by atoms with E-state index in [9.17, 15) is 9.59 Å². The SMILES string of the molecule is CN(C(=O)CNC(=O)CN)C1CCc2ccccc21.Cl.